The predicted molar refractivity (Wildman–Crippen MR) is 67.0 cm³/mol. The van der Waals surface area contributed by atoms with Crippen molar-refractivity contribution in [2.45, 2.75) is 30.7 Å². The van der Waals surface area contributed by atoms with E-state index in [-0.39, 0.29) is 17.0 Å². The minimum Gasteiger partial charge on any atom is -0.327 e. The largest absolute Gasteiger partial charge is 0.327 e. The number of rotatable bonds is 1. The SMILES string of the molecule is N#Cc1ccc(C2CC3(CC3)c3cncn32)cc1F. The highest BCUT2D eigenvalue weighted by Gasteiger charge is 2.53. The van der Waals surface area contributed by atoms with Gasteiger partial charge in [-0.05, 0) is 37.0 Å². The Balaban J connectivity index is 1.79. The Kier molecular flexibility index (Phi) is 1.95. The van der Waals surface area contributed by atoms with Crippen molar-refractivity contribution in [1.82, 2.24) is 9.55 Å². The fourth-order valence-corrected chi connectivity index (χ4v) is 3.26. The molecule has 2 aromatic rings. The summed E-state index contributed by atoms with van der Waals surface area (Å²) < 4.78 is 15.9. The van der Waals surface area contributed by atoms with E-state index in [1.807, 2.05) is 24.7 Å². The van der Waals surface area contributed by atoms with E-state index >= 15 is 0 Å². The van der Waals surface area contributed by atoms with Crippen LogP contribution in [0.5, 0.6) is 0 Å². The fraction of sp³-hybridized carbons (Fsp3) is 0.333. The van der Waals surface area contributed by atoms with E-state index in [4.69, 9.17) is 5.26 Å². The highest BCUT2D eigenvalue weighted by molar-refractivity contribution is 5.39. The Morgan fingerprint density at radius 2 is 2.26 bits per heavy atom. The number of aromatic nitrogens is 2. The number of hydrogen-bond donors (Lipinski definition) is 0. The first-order chi connectivity index (χ1) is 9.23. The van der Waals surface area contributed by atoms with Crippen molar-refractivity contribution in [3.05, 3.63) is 53.4 Å². The minimum atomic E-state index is -0.432. The lowest BCUT2D eigenvalue weighted by molar-refractivity contribution is 0.560. The zero-order valence-electron chi connectivity index (χ0n) is 10.3. The molecule has 2 heterocycles. The molecule has 1 aliphatic carbocycles. The van der Waals surface area contributed by atoms with Gasteiger partial charge in [0.05, 0.1) is 17.9 Å². The summed E-state index contributed by atoms with van der Waals surface area (Å²) in [6.07, 6.45) is 7.20. The maximum Gasteiger partial charge on any atom is 0.141 e. The Labute approximate surface area is 110 Å². The van der Waals surface area contributed by atoms with Gasteiger partial charge in [0.2, 0.25) is 0 Å². The number of nitriles is 1. The van der Waals surface area contributed by atoms with Gasteiger partial charge in [0.1, 0.15) is 11.9 Å². The zero-order valence-corrected chi connectivity index (χ0v) is 10.3. The summed E-state index contributed by atoms with van der Waals surface area (Å²) in [5.74, 6) is -0.432. The van der Waals surface area contributed by atoms with Crippen LogP contribution in [0.4, 0.5) is 4.39 Å². The first kappa shape index (κ1) is 10.7. The average Bonchev–Trinajstić information content (AvgIpc) is 2.91. The van der Waals surface area contributed by atoms with E-state index in [1.165, 1.54) is 24.6 Å². The highest BCUT2D eigenvalue weighted by Crippen LogP contribution is 2.58. The molecule has 1 unspecified atom stereocenters. The number of hydrogen-bond acceptors (Lipinski definition) is 2. The van der Waals surface area contributed by atoms with Gasteiger partial charge >= 0.3 is 0 Å². The van der Waals surface area contributed by atoms with Crippen molar-refractivity contribution in [3.8, 4) is 6.07 Å². The molecule has 19 heavy (non-hydrogen) atoms. The first-order valence-electron chi connectivity index (χ1n) is 6.45. The predicted octanol–water partition coefficient (Wildman–Crippen LogP) is 2.92. The molecule has 1 aromatic carbocycles. The van der Waals surface area contributed by atoms with Crippen LogP contribution in [-0.4, -0.2) is 9.55 Å². The fourth-order valence-electron chi connectivity index (χ4n) is 3.26. The maximum atomic E-state index is 13.8. The lowest BCUT2D eigenvalue weighted by Gasteiger charge is -2.14. The van der Waals surface area contributed by atoms with Crippen LogP contribution in [-0.2, 0) is 5.41 Å². The average molecular weight is 253 g/mol. The lowest BCUT2D eigenvalue weighted by atomic mass is 9.95. The maximum absolute atomic E-state index is 13.8. The molecule has 2 aliphatic rings. The molecule has 1 saturated carbocycles. The Morgan fingerprint density at radius 1 is 1.42 bits per heavy atom. The van der Waals surface area contributed by atoms with Crippen LogP contribution in [0.15, 0.2) is 30.7 Å². The van der Waals surface area contributed by atoms with Crippen LogP contribution >= 0.6 is 0 Å². The monoisotopic (exact) mass is 253 g/mol. The Hall–Kier alpha value is -2.15. The van der Waals surface area contributed by atoms with Crippen molar-refractivity contribution in [2.75, 3.05) is 0 Å². The van der Waals surface area contributed by atoms with Crippen molar-refractivity contribution in [3.63, 3.8) is 0 Å². The molecule has 4 heteroatoms. The summed E-state index contributed by atoms with van der Waals surface area (Å²) in [6, 6.07) is 6.94. The third kappa shape index (κ3) is 1.39. The van der Waals surface area contributed by atoms with Crippen LogP contribution in [0.2, 0.25) is 0 Å². The van der Waals surface area contributed by atoms with Gasteiger partial charge in [-0.1, -0.05) is 6.07 Å². The van der Waals surface area contributed by atoms with Gasteiger partial charge in [0.25, 0.3) is 0 Å². The molecule has 0 saturated heterocycles. The molecular formula is C15H12FN3. The van der Waals surface area contributed by atoms with Gasteiger partial charge in [-0.3, -0.25) is 0 Å². The minimum absolute atomic E-state index is 0.105. The molecular weight excluding hydrogens is 241 g/mol. The number of halogens is 1. The van der Waals surface area contributed by atoms with Crippen molar-refractivity contribution < 1.29 is 4.39 Å². The van der Waals surface area contributed by atoms with E-state index < -0.39 is 5.82 Å². The molecule has 0 N–H and O–H groups in total. The summed E-state index contributed by atoms with van der Waals surface area (Å²) in [6.45, 7) is 0. The molecule has 1 spiro atoms. The van der Waals surface area contributed by atoms with Gasteiger partial charge < -0.3 is 4.57 Å². The van der Waals surface area contributed by atoms with Gasteiger partial charge in [0.15, 0.2) is 0 Å². The van der Waals surface area contributed by atoms with Crippen LogP contribution in [0.25, 0.3) is 0 Å². The van der Waals surface area contributed by atoms with E-state index in [1.54, 1.807) is 6.07 Å². The quantitative estimate of drug-likeness (QED) is 0.784. The second kappa shape index (κ2) is 3.45. The molecule has 0 radical (unpaired) electrons. The smallest absolute Gasteiger partial charge is 0.141 e. The van der Waals surface area contributed by atoms with E-state index in [2.05, 4.69) is 9.55 Å². The molecule has 3 nitrogen and oxygen atoms in total. The summed E-state index contributed by atoms with van der Waals surface area (Å²) in [5, 5.41) is 8.79. The van der Waals surface area contributed by atoms with Crippen LogP contribution < -0.4 is 0 Å². The summed E-state index contributed by atoms with van der Waals surface area (Å²) in [7, 11) is 0. The van der Waals surface area contributed by atoms with Gasteiger partial charge in [-0.15, -0.1) is 0 Å². The molecule has 1 atom stereocenters. The summed E-state index contributed by atoms with van der Waals surface area (Å²) in [4.78, 5) is 4.23. The topological polar surface area (TPSA) is 41.6 Å². The summed E-state index contributed by atoms with van der Waals surface area (Å²) >= 11 is 0. The standard InChI is InChI=1S/C15H12FN3/c16-12-5-10(1-2-11(12)7-17)13-6-15(3-4-15)14-8-18-9-19(13)14/h1-2,5,8-9,13H,3-4,6H2. The third-order valence-corrected chi connectivity index (χ3v) is 4.48. The van der Waals surface area contributed by atoms with Crippen LogP contribution in [0.1, 0.15) is 42.1 Å². The first-order valence-corrected chi connectivity index (χ1v) is 6.45. The number of benzene rings is 1. The van der Waals surface area contributed by atoms with E-state index in [9.17, 15) is 4.39 Å². The third-order valence-electron chi connectivity index (χ3n) is 4.48. The van der Waals surface area contributed by atoms with Gasteiger partial charge in [-0.2, -0.15) is 5.26 Å². The highest BCUT2D eigenvalue weighted by atomic mass is 19.1. The Bertz CT molecular complexity index is 706. The van der Waals surface area contributed by atoms with E-state index in [0.29, 0.717) is 0 Å². The van der Waals surface area contributed by atoms with Crippen molar-refractivity contribution in [1.29, 1.82) is 5.26 Å². The number of imidazole rings is 1. The Morgan fingerprint density at radius 3 is 2.95 bits per heavy atom. The molecule has 94 valence electrons. The normalized spacial score (nSPS) is 22.2. The number of nitrogens with zero attached hydrogens (tertiary/aromatic N) is 3. The molecule has 0 amide bonds. The van der Waals surface area contributed by atoms with E-state index in [0.717, 1.165) is 12.0 Å². The van der Waals surface area contributed by atoms with Crippen molar-refractivity contribution in [2.24, 2.45) is 0 Å². The second-order valence-corrected chi connectivity index (χ2v) is 5.54. The van der Waals surface area contributed by atoms with Crippen LogP contribution in [0.3, 0.4) is 0 Å². The molecule has 0 bridgehead atoms. The number of fused-ring (bicyclic) bond motifs is 2. The van der Waals surface area contributed by atoms with Gasteiger partial charge in [-0.25, -0.2) is 9.37 Å². The molecule has 1 aromatic heterocycles. The molecule has 1 aliphatic heterocycles. The van der Waals surface area contributed by atoms with Gasteiger partial charge in [0, 0.05) is 17.3 Å². The zero-order chi connectivity index (χ0) is 13.0. The second-order valence-electron chi connectivity index (χ2n) is 5.54. The lowest BCUT2D eigenvalue weighted by Crippen LogP contribution is -2.05. The summed E-state index contributed by atoms with van der Waals surface area (Å²) in [5.41, 5.74) is 2.60. The van der Waals surface area contributed by atoms with Crippen molar-refractivity contribution >= 4 is 0 Å². The van der Waals surface area contributed by atoms with Crippen LogP contribution in [0, 0.1) is 17.1 Å². The molecule has 1 fully saturated rings. The molecule has 4 rings (SSSR count).